The summed E-state index contributed by atoms with van der Waals surface area (Å²) in [6, 6.07) is 10.6. The molecule has 6 nitrogen and oxygen atoms in total. The molecule has 2 aliphatic heterocycles. The number of aryl methyl sites for hydroxylation is 2. The predicted octanol–water partition coefficient (Wildman–Crippen LogP) is 3.23. The summed E-state index contributed by atoms with van der Waals surface area (Å²) in [5.74, 6) is 0.595. The van der Waals surface area contributed by atoms with E-state index < -0.39 is 10.0 Å². The van der Waals surface area contributed by atoms with Crippen LogP contribution in [-0.4, -0.2) is 47.8 Å². The number of nitrogens with zero attached hydrogens (tertiary/aromatic N) is 3. The van der Waals surface area contributed by atoms with Crippen molar-refractivity contribution < 1.29 is 13.2 Å². The molecule has 0 radical (unpaired) electrons. The molecule has 4 rings (SSSR count). The standard InChI is InChI=1S/C22H31N3O3S/c1-17-21(18(2)24(3)23-17)29(26,27)25-12-10-22(11-13-25)16-20(9-14-28-22)15-19-7-5-4-6-8-19/h4-8,20H,9-16H2,1-3H3. The highest BCUT2D eigenvalue weighted by Gasteiger charge is 2.43. The summed E-state index contributed by atoms with van der Waals surface area (Å²) in [4.78, 5) is 0.363. The molecule has 7 heteroatoms. The Morgan fingerprint density at radius 1 is 1.17 bits per heavy atom. The van der Waals surface area contributed by atoms with Crippen molar-refractivity contribution in [3.05, 3.63) is 47.3 Å². The van der Waals surface area contributed by atoms with Crippen LogP contribution in [0.2, 0.25) is 0 Å². The van der Waals surface area contributed by atoms with Crippen molar-refractivity contribution in [1.82, 2.24) is 14.1 Å². The van der Waals surface area contributed by atoms with Gasteiger partial charge in [-0.2, -0.15) is 9.40 Å². The summed E-state index contributed by atoms with van der Waals surface area (Å²) in [5, 5.41) is 4.29. The van der Waals surface area contributed by atoms with Crippen molar-refractivity contribution in [1.29, 1.82) is 0 Å². The first-order valence-corrected chi connectivity index (χ1v) is 11.9. The number of hydrogen-bond acceptors (Lipinski definition) is 4. The maximum absolute atomic E-state index is 13.3. The molecule has 1 atom stereocenters. The molecule has 29 heavy (non-hydrogen) atoms. The number of hydrogen-bond donors (Lipinski definition) is 0. The number of rotatable bonds is 4. The molecule has 158 valence electrons. The van der Waals surface area contributed by atoms with Crippen molar-refractivity contribution in [2.24, 2.45) is 13.0 Å². The van der Waals surface area contributed by atoms with Crippen molar-refractivity contribution >= 4 is 10.0 Å². The molecule has 3 heterocycles. The zero-order chi connectivity index (χ0) is 20.6. The minimum Gasteiger partial charge on any atom is -0.375 e. The molecule has 0 aliphatic carbocycles. The lowest BCUT2D eigenvalue weighted by molar-refractivity contribution is -0.120. The molecule has 0 N–H and O–H groups in total. The second-order valence-electron chi connectivity index (χ2n) is 8.61. The number of piperidine rings is 1. The topological polar surface area (TPSA) is 64.4 Å². The lowest BCUT2D eigenvalue weighted by atomic mass is 9.78. The zero-order valence-electron chi connectivity index (χ0n) is 17.6. The number of ether oxygens (including phenoxy) is 1. The maximum Gasteiger partial charge on any atom is 0.246 e. The van der Waals surface area contributed by atoms with E-state index in [0.29, 0.717) is 35.3 Å². The van der Waals surface area contributed by atoms with Crippen LogP contribution >= 0.6 is 0 Å². The molecule has 2 saturated heterocycles. The van der Waals surface area contributed by atoms with E-state index in [1.807, 2.05) is 6.92 Å². The number of sulfonamides is 1. The third-order valence-corrected chi connectivity index (χ3v) is 8.79. The Bertz CT molecular complexity index is 961. The fraction of sp³-hybridized carbons (Fsp3) is 0.591. The van der Waals surface area contributed by atoms with Crippen LogP contribution in [0.15, 0.2) is 35.2 Å². The molecule has 1 aromatic heterocycles. The van der Waals surface area contributed by atoms with E-state index in [2.05, 4.69) is 35.4 Å². The molecule has 1 unspecified atom stereocenters. The van der Waals surface area contributed by atoms with Gasteiger partial charge in [-0.25, -0.2) is 8.42 Å². The molecule has 0 amide bonds. The molecule has 2 fully saturated rings. The number of benzene rings is 1. The Hall–Kier alpha value is -1.70. The summed E-state index contributed by atoms with van der Waals surface area (Å²) >= 11 is 0. The molecule has 1 aromatic carbocycles. The second-order valence-corrected chi connectivity index (χ2v) is 10.5. The highest BCUT2D eigenvalue weighted by atomic mass is 32.2. The van der Waals surface area contributed by atoms with Crippen LogP contribution in [0, 0.1) is 19.8 Å². The third kappa shape index (κ3) is 4.00. The average molecular weight is 418 g/mol. The summed E-state index contributed by atoms with van der Waals surface area (Å²) in [6.45, 7) is 5.37. The molecule has 2 aliphatic rings. The van der Waals surface area contributed by atoms with Gasteiger partial charge in [0, 0.05) is 26.7 Å². The Kier molecular flexibility index (Phi) is 5.57. The van der Waals surface area contributed by atoms with Crippen LogP contribution in [0.4, 0.5) is 0 Å². The molecular weight excluding hydrogens is 386 g/mol. The minimum absolute atomic E-state index is 0.178. The van der Waals surface area contributed by atoms with Gasteiger partial charge in [0.2, 0.25) is 10.0 Å². The van der Waals surface area contributed by atoms with Crippen molar-refractivity contribution in [3.8, 4) is 0 Å². The van der Waals surface area contributed by atoms with E-state index in [0.717, 1.165) is 38.7 Å². The van der Waals surface area contributed by atoms with E-state index >= 15 is 0 Å². The second kappa shape index (κ2) is 7.85. The first kappa shape index (κ1) is 20.6. The van der Waals surface area contributed by atoms with E-state index in [-0.39, 0.29) is 5.60 Å². The van der Waals surface area contributed by atoms with Crippen LogP contribution < -0.4 is 0 Å². The van der Waals surface area contributed by atoms with Crippen LogP contribution in [0.3, 0.4) is 0 Å². The van der Waals surface area contributed by atoms with E-state index in [9.17, 15) is 8.42 Å². The van der Waals surface area contributed by atoms with Crippen LogP contribution in [0.1, 0.15) is 42.6 Å². The SMILES string of the molecule is Cc1nn(C)c(C)c1S(=O)(=O)N1CCC2(CC1)CC(Cc1ccccc1)CCO2. The van der Waals surface area contributed by atoms with E-state index in [1.165, 1.54) is 5.56 Å². The van der Waals surface area contributed by atoms with Gasteiger partial charge in [0.15, 0.2) is 0 Å². The normalized spacial score (nSPS) is 22.8. The smallest absolute Gasteiger partial charge is 0.246 e. The Balaban J connectivity index is 1.44. The monoisotopic (exact) mass is 417 g/mol. The van der Waals surface area contributed by atoms with Crippen molar-refractivity contribution in [3.63, 3.8) is 0 Å². The van der Waals surface area contributed by atoms with Gasteiger partial charge in [-0.1, -0.05) is 30.3 Å². The van der Waals surface area contributed by atoms with Crippen LogP contribution in [0.5, 0.6) is 0 Å². The quantitative estimate of drug-likeness (QED) is 0.766. The van der Waals surface area contributed by atoms with Crippen molar-refractivity contribution in [2.45, 2.75) is 56.4 Å². The highest BCUT2D eigenvalue weighted by molar-refractivity contribution is 7.89. The summed E-state index contributed by atoms with van der Waals surface area (Å²) in [5.41, 5.74) is 2.46. The average Bonchev–Trinajstić information content (AvgIpc) is 2.95. The predicted molar refractivity (Wildman–Crippen MR) is 112 cm³/mol. The van der Waals surface area contributed by atoms with Gasteiger partial charge in [-0.3, -0.25) is 4.68 Å². The van der Waals surface area contributed by atoms with Gasteiger partial charge < -0.3 is 4.74 Å². The van der Waals surface area contributed by atoms with Gasteiger partial charge in [0.1, 0.15) is 4.90 Å². The van der Waals surface area contributed by atoms with Gasteiger partial charge in [0.25, 0.3) is 0 Å². The Morgan fingerprint density at radius 2 is 1.86 bits per heavy atom. The molecular formula is C22H31N3O3S. The van der Waals surface area contributed by atoms with E-state index in [1.54, 1.807) is 23.0 Å². The largest absolute Gasteiger partial charge is 0.375 e. The number of aromatic nitrogens is 2. The van der Waals surface area contributed by atoms with Gasteiger partial charge >= 0.3 is 0 Å². The van der Waals surface area contributed by atoms with Gasteiger partial charge in [0.05, 0.1) is 17.0 Å². The molecule has 0 saturated carbocycles. The first-order chi connectivity index (χ1) is 13.8. The third-order valence-electron chi connectivity index (χ3n) is 6.64. The highest BCUT2D eigenvalue weighted by Crippen LogP contribution is 2.40. The van der Waals surface area contributed by atoms with Gasteiger partial charge in [-0.15, -0.1) is 0 Å². The van der Waals surface area contributed by atoms with Crippen LogP contribution in [-0.2, 0) is 28.2 Å². The van der Waals surface area contributed by atoms with E-state index in [4.69, 9.17) is 4.74 Å². The summed E-state index contributed by atoms with van der Waals surface area (Å²) < 4.78 is 36.0. The molecule has 2 aromatic rings. The molecule has 0 bridgehead atoms. The Morgan fingerprint density at radius 3 is 2.48 bits per heavy atom. The summed E-state index contributed by atoms with van der Waals surface area (Å²) in [7, 11) is -1.74. The lowest BCUT2D eigenvalue weighted by Gasteiger charge is -2.46. The van der Waals surface area contributed by atoms with Gasteiger partial charge in [-0.05, 0) is 57.4 Å². The lowest BCUT2D eigenvalue weighted by Crippen LogP contribution is -2.51. The fourth-order valence-corrected chi connectivity index (χ4v) is 6.83. The minimum atomic E-state index is -3.53. The molecule has 1 spiro atoms. The van der Waals surface area contributed by atoms with Crippen molar-refractivity contribution in [2.75, 3.05) is 19.7 Å². The van der Waals surface area contributed by atoms with Crippen LogP contribution in [0.25, 0.3) is 0 Å². The fourth-order valence-electron chi connectivity index (χ4n) is 4.99. The first-order valence-electron chi connectivity index (χ1n) is 10.5. The zero-order valence-corrected chi connectivity index (χ0v) is 18.4. The Labute approximate surface area is 173 Å². The summed E-state index contributed by atoms with van der Waals surface area (Å²) in [6.07, 6.45) is 4.68. The maximum atomic E-state index is 13.3.